The maximum Gasteiger partial charge on any atom is 0.434 e. The van der Waals surface area contributed by atoms with E-state index in [0.717, 1.165) is 23.1 Å². The van der Waals surface area contributed by atoms with Gasteiger partial charge in [0.1, 0.15) is 35.5 Å². The van der Waals surface area contributed by atoms with Gasteiger partial charge in [-0.25, -0.2) is 22.8 Å². The summed E-state index contributed by atoms with van der Waals surface area (Å²) >= 11 is 6.20. The number of nitrogens with zero attached hydrogens (tertiary/aromatic N) is 4. The zero-order valence-electron chi connectivity index (χ0n) is 17.6. The molecule has 0 aliphatic carbocycles. The number of benzene rings is 1. The molecule has 0 saturated carbocycles. The fourth-order valence-corrected chi connectivity index (χ4v) is 5.03. The first-order valence-corrected chi connectivity index (χ1v) is 11.2. The number of aliphatic hydroxyl groups excluding tert-OH is 3. The van der Waals surface area contributed by atoms with Crippen LogP contribution in [0.5, 0.6) is 0 Å². The molecular formula is C20H15ClF6N4O4S. The first kappa shape index (κ1) is 26.6. The van der Waals surface area contributed by atoms with Crippen molar-refractivity contribution in [2.24, 2.45) is 0 Å². The summed E-state index contributed by atoms with van der Waals surface area (Å²) in [5.74, 6) is -4.67. The van der Waals surface area contributed by atoms with Crippen LogP contribution in [0, 0.1) is 17.5 Å². The van der Waals surface area contributed by atoms with Crippen LogP contribution in [0.1, 0.15) is 11.7 Å². The van der Waals surface area contributed by atoms with Gasteiger partial charge in [-0.1, -0.05) is 28.6 Å². The highest BCUT2D eigenvalue weighted by molar-refractivity contribution is 7.99. The lowest BCUT2D eigenvalue weighted by molar-refractivity contribution is -0.178. The fourth-order valence-electron chi connectivity index (χ4n) is 3.58. The molecule has 1 aliphatic rings. The second-order valence-corrected chi connectivity index (χ2v) is 9.23. The summed E-state index contributed by atoms with van der Waals surface area (Å²) in [5, 5.41) is 38.5. The third-order valence-electron chi connectivity index (χ3n) is 5.27. The molecule has 8 nitrogen and oxygen atoms in total. The number of aliphatic hydroxyl groups is 3. The molecule has 0 spiro atoms. The van der Waals surface area contributed by atoms with Gasteiger partial charge in [-0.2, -0.15) is 13.2 Å². The van der Waals surface area contributed by atoms with Gasteiger partial charge in [-0.05, 0) is 18.2 Å². The molecule has 0 radical (unpaired) electrons. The van der Waals surface area contributed by atoms with Crippen molar-refractivity contribution in [2.75, 3.05) is 6.61 Å². The minimum absolute atomic E-state index is 0.120. The summed E-state index contributed by atoms with van der Waals surface area (Å²) in [6.07, 6.45) is -7.71. The van der Waals surface area contributed by atoms with Gasteiger partial charge in [0.15, 0.2) is 23.1 Å². The number of halogens is 7. The van der Waals surface area contributed by atoms with E-state index in [4.69, 9.17) is 16.3 Å². The van der Waals surface area contributed by atoms with E-state index in [1.165, 1.54) is 0 Å². The van der Waals surface area contributed by atoms with Crippen LogP contribution in [0.15, 0.2) is 35.5 Å². The van der Waals surface area contributed by atoms with Gasteiger partial charge in [-0.3, -0.25) is 0 Å². The Morgan fingerprint density at radius 1 is 1.08 bits per heavy atom. The summed E-state index contributed by atoms with van der Waals surface area (Å²) in [6.45, 7) is -0.780. The molecule has 0 amide bonds. The molecule has 2 unspecified atom stereocenters. The number of thioether (sulfide) groups is 1. The topological polar surface area (TPSA) is 114 Å². The highest BCUT2D eigenvalue weighted by Crippen LogP contribution is 2.43. The van der Waals surface area contributed by atoms with E-state index in [0.29, 0.717) is 23.9 Å². The smallest absolute Gasteiger partial charge is 0.394 e. The lowest BCUT2D eigenvalue weighted by Gasteiger charge is -2.41. The number of pyridine rings is 1. The van der Waals surface area contributed by atoms with Crippen molar-refractivity contribution in [1.29, 1.82) is 0 Å². The number of aromatic nitrogens is 4. The SMILES string of the molecule is OCC1O[C@H](Sc2cc(Cl)cnc2C(F)(F)F)C(O)[C@@H](n2cc(-c3cc(F)c(F)c(F)c3)nn2)[C@H]1O. The summed E-state index contributed by atoms with van der Waals surface area (Å²) in [6, 6.07) is 0.858. The Hall–Kier alpha value is -2.43. The number of hydrogen-bond acceptors (Lipinski definition) is 8. The molecule has 0 bridgehead atoms. The Morgan fingerprint density at radius 3 is 2.36 bits per heavy atom. The highest BCUT2D eigenvalue weighted by Gasteiger charge is 2.47. The summed E-state index contributed by atoms with van der Waals surface area (Å²) in [4.78, 5) is 2.82. The molecule has 1 aromatic carbocycles. The van der Waals surface area contributed by atoms with Crippen LogP contribution < -0.4 is 0 Å². The van der Waals surface area contributed by atoms with Gasteiger partial charge >= 0.3 is 6.18 Å². The third-order valence-corrected chi connectivity index (χ3v) is 6.67. The molecule has 36 heavy (non-hydrogen) atoms. The van der Waals surface area contributed by atoms with Gasteiger partial charge < -0.3 is 20.1 Å². The zero-order chi connectivity index (χ0) is 26.4. The molecule has 3 heterocycles. The van der Waals surface area contributed by atoms with Crippen LogP contribution >= 0.6 is 23.4 Å². The van der Waals surface area contributed by atoms with Crippen LogP contribution in [-0.4, -0.2) is 65.7 Å². The summed E-state index contributed by atoms with van der Waals surface area (Å²) < 4.78 is 87.1. The Kier molecular flexibility index (Phi) is 7.50. The number of ether oxygens (including phenoxy) is 1. The number of hydrogen-bond donors (Lipinski definition) is 3. The van der Waals surface area contributed by atoms with Gasteiger partial charge in [0.2, 0.25) is 0 Å². The summed E-state index contributed by atoms with van der Waals surface area (Å²) in [7, 11) is 0. The average Bonchev–Trinajstić information content (AvgIpc) is 3.28. The van der Waals surface area contributed by atoms with Crippen molar-refractivity contribution in [3.05, 3.63) is 58.8 Å². The Labute approximate surface area is 207 Å². The lowest BCUT2D eigenvalue weighted by atomic mass is 9.97. The highest BCUT2D eigenvalue weighted by atomic mass is 35.5. The van der Waals surface area contributed by atoms with Crippen molar-refractivity contribution in [1.82, 2.24) is 20.0 Å². The predicted molar refractivity (Wildman–Crippen MR) is 112 cm³/mol. The molecule has 1 fully saturated rings. The molecule has 3 N–H and O–H groups in total. The third kappa shape index (κ3) is 5.17. The molecule has 2 aromatic heterocycles. The van der Waals surface area contributed by atoms with Crippen molar-refractivity contribution >= 4 is 23.4 Å². The van der Waals surface area contributed by atoms with Crippen LogP contribution in [0.4, 0.5) is 26.3 Å². The van der Waals surface area contributed by atoms with Gasteiger partial charge in [0.05, 0.1) is 17.8 Å². The van der Waals surface area contributed by atoms with Crippen LogP contribution in [-0.2, 0) is 10.9 Å². The molecule has 5 atom stereocenters. The lowest BCUT2D eigenvalue weighted by Crippen LogP contribution is -2.55. The minimum Gasteiger partial charge on any atom is -0.394 e. The first-order chi connectivity index (χ1) is 16.9. The van der Waals surface area contributed by atoms with E-state index in [1.54, 1.807) is 0 Å². The molecule has 1 aliphatic heterocycles. The van der Waals surface area contributed by atoms with E-state index >= 15 is 0 Å². The minimum atomic E-state index is -4.86. The van der Waals surface area contributed by atoms with E-state index in [2.05, 4.69) is 15.3 Å². The zero-order valence-corrected chi connectivity index (χ0v) is 19.1. The molecular weight excluding hydrogens is 542 g/mol. The molecule has 4 rings (SSSR count). The van der Waals surface area contributed by atoms with Crippen LogP contribution in [0.25, 0.3) is 11.3 Å². The largest absolute Gasteiger partial charge is 0.434 e. The Morgan fingerprint density at radius 2 is 1.75 bits per heavy atom. The number of alkyl halides is 3. The Balaban J connectivity index is 1.67. The average molecular weight is 557 g/mol. The molecule has 16 heteroatoms. The molecule has 1 saturated heterocycles. The van der Waals surface area contributed by atoms with E-state index in [9.17, 15) is 41.7 Å². The predicted octanol–water partition coefficient (Wildman–Crippen LogP) is 3.20. The Bertz CT molecular complexity index is 1240. The first-order valence-electron chi connectivity index (χ1n) is 9.99. The fraction of sp³-hybridized carbons (Fsp3) is 0.350. The maximum absolute atomic E-state index is 13.6. The van der Waals surface area contributed by atoms with E-state index < -0.39 is 70.6 Å². The van der Waals surface area contributed by atoms with Crippen LogP contribution in [0.2, 0.25) is 5.02 Å². The van der Waals surface area contributed by atoms with Crippen LogP contribution in [0.3, 0.4) is 0 Å². The monoisotopic (exact) mass is 556 g/mol. The molecule has 3 aromatic rings. The number of rotatable bonds is 5. The quantitative estimate of drug-likeness (QED) is 0.324. The van der Waals surface area contributed by atoms with Crippen molar-refractivity contribution in [2.45, 2.75) is 40.9 Å². The molecule has 194 valence electrons. The standard InChI is InChI=1S/C20H15ClF6N4O4S/c21-8-3-13(18(28-4-8)20(25,26)27)36-19-17(34)15(16(33)12(6-32)35-19)31-5-11(29-30-31)7-1-9(22)14(24)10(23)2-7/h1-5,12,15-17,19,32-34H,6H2/t12?,15-,16-,17?,19+/m0/s1. The maximum atomic E-state index is 13.6. The van der Waals surface area contributed by atoms with Crippen molar-refractivity contribution in [3.63, 3.8) is 0 Å². The van der Waals surface area contributed by atoms with Gasteiger partial charge in [-0.15, -0.1) is 5.10 Å². The van der Waals surface area contributed by atoms with Gasteiger partial charge in [0, 0.05) is 16.7 Å². The van der Waals surface area contributed by atoms with Gasteiger partial charge in [0.25, 0.3) is 0 Å². The van der Waals surface area contributed by atoms with Crippen molar-refractivity contribution in [3.8, 4) is 11.3 Å². The second-order valence-electron chi connectivity index (χ2n) is 7.65. The summed E-state index contributed by atoms with van der Waals surface area (Å²) in [5.41, 5.74) is -3.15. The second kappa shape index (κ2) is 10.1. The van der Waals surface area contributed by atoms with E-state index in [1.807, 2.05) is 0 Å². The van der Waals surface area contributed by atoms with E-state index in [-0.39, 0.29) is 16.3 Å². The normalized spacial score (nSPS) is 24.8. The van der Waals surface area contributed by atoms with Crippen molar-refractivity contribution < 1.29 is 46.4 Å².